The number of phosphoric acid groups is 1. The van der Waals surface area contributed by atoms with Crippen molar-refractivity contribution >= 4 is 7.82 Å². The maximum absolute atomic E-state index is 8.88. The number of rotatable bonds is 0. The molecule has 0 aromatic heterocycles. The van der Waals surface area contributed by atoms with Crippen LogP contribution in [0.15, 0.2) is 0 Å². The van der Waals surface area contributed by atoms with E-state index in [-0.39, 0.29) is 113 Å². The Morgan fingerprint density at radius 3 is 1.00 bits per heavy atom. The van der Waals surface area contributed by atoms with E-state index >= 15 is 0 Å². The summed E-state index contributed by atoms with van der Waals surface area (Å²) in [6.07, 6.45) is 0. The largest absolute Gasteiger partial charge is 1.00 e. The van der Waals surface area contributed by atoms with Gasteiger partial charge in [-0.1, -0.05) is 0 Å². The third-order valence-electron chi connectivity index (χ3n) is 0. The summed E-state index contributed by atoms with van der Waals surface area (Å²) in [5.41, 5.74) is 0. The van der Waals surface area contributed by atoms with Gasteiger partial charge in [-0.25, -0.2) is 4.57 Å². The van der Waals surface area contributed by atoms with Crippen LogP contribution in [0.2, 0.25) is 0 Å². The Hall–Kier alpha value is 3.71. The molecule has 0 aromatic carbocycles. The Morgan fingerprint density at radius 2 is 1.00 bits per heavy atom. The fourth-order valence-corrected chi connectivity index (χ4v) is 0. The van der Waals surface area contributed by atoms with E-state index in [9.17, 15) is 0 Å². The zero-order chi connectivity index (χ0) is 4.50. The first-order valence-corrected chi connectivity index (χ1v) is 2.35. The van der Waals surface area contributed by atoms with Gasteiger partial charge in [-0.2, -0.15) is 0 Å². The minimum Gasteiger partial charge on any atom is -1.00 e. The van der Waals surface area contributed by atoms with Gasteiger partial charge in [0.15, 0.2) is 0 Å². The summed E-state index contributed by atoms with van der Waals surface area (Å²) in [5.74, 6) is 0. The molecule has 0 bridgehead atoms. The van der Waals surface area contributed by atoms with Crippen molar-refractivity contribution in [1.29, 1.82) is 0 Å². The van der Waals surface area contributed by atoms with Crippen molar-refractivity contribution in [1.82, 2.24) is 0 Å². The quantitative estimate of drug-likeness (QED) is 0.254. The van der Waals surface area contributed by atoms with Crippen LogP contribution in [-0.2, 0) is 4.57 Å². The Morgan fingerprint density at radius 1 is 1.00 bits per heavy atom. The Kier molecular flexibility index (Phi) is 46.4. The van der Waals surface area contributed by atoms with Crippen molar-refractivity contribution in [2.45, 2.75) is 0 Å². The molecule has 0 atom stereocenters. The smallest absolute Gasteiger partial charge is 1.00 e. The molecule has 0 aliphatic heterocycles. The Labute approximate surface area is 138 Å². The molecular formula is H7LiNa3O4P. The van der Waals surface area contributed by atoms with Crippen LogP contribution in [0.25, 0.3) is 0 Å². The normalized spacial score (nSPS) is 6.56. The van der Waals surface area contributed by atoms with E-state index < -0.39 is 7.82 Å². The van der Waals surface area contributed by atoms with Gasteiger partial charge >= 0.3 is 115 Å². The summed E-state index contributed by atoms with van der Waals surface area (Å²) in [6, 6.07) is 0. The maximum Gasteiger partial charge on any atom is 1.00 e. The van der Waals surface area contributed by atoms with E-state index in [1.54, 1.807) is 0 Å². The van der Waals surface area contributed by atoms with Gasteiger partial charge in [0.05, 0.1) is 0 Å². The molecule has 40 valence electrons. The molecule has 0 saturated heterocycles. The van der Waals surface area contributed by atoms with Crippen LogP contribution in [0.4, 0.5) is 0 Å². The molecule has 0 aliphatic carbocycles. The monoisotopic (exact) mass is 178 g/mol. The fraction of sp³-hybridized carbons (Fsp3) is 0. The molecular weight excluding hydrogens is 171 g/mol. The van der Waals surface area contributed by atoms with Crippen LogP contribution in [0, 0.1) is 0 Å². The molecule has 9 heteroatoms. The van der Waals surface area contributed by atoms with E-state index in [0.29, 0.717) is 0 Å². The minimum absolute atomic E-state index is 0. The second kappa shape index (κ2) is 14.2. The van der Waals surface area contributed by atoms with Gasteiger partial charge in [-0.3, -0.25) is 0 Å². The minimum atomic E-state index is -4.64. The molecule has 0 saturated carbocycles. The second-order valence-electron chi connectivity index (χ2n) is 0.513. The van der Waals surface area contributed by atoms with Crippen LogP contribution in [0.3, 0.4) is 0 Å². The molecule has 0 heterocycles. The molecule has 0 spiro atoms. The number of hydrogen-bond donors (Lipinski definition) is 3. The first-order valence-electron chi connectivity index (χ1n) is 0.783. The molecule has 0 radical (unpaired) electrons. The van der Waals surface area contributed by atoms with E-state index in [4.69, 9.17) is 19.2 Å². The predicted molar refractivity (Wildman–Crippen MR) is 18.7 cm³/mol. The van der Waals surface area contributed by atoms with Gasteiger partial charge in [0.25, 0.3) is 0 Å². The average molecular weight is 178 g/mol. The topological polar surface area (TPSA) is 77.8 Å². The average Bonchev–Trinajstić information content (AvgIpc) is 0.722. The summed E-state index contributed by atoms with van der Waals surface area (Å²) in [4.78, 5) is 21.6. The standard InChI is InChI=1S/Li.3Na.H3O4P.4H/c;;;;1-5(2,3)4;;;;/h;;;;(H3,1,2,3,4);;;;/q4*+1;;4*-1. The van der Waals surface area contributed by atoms with Gasteiger partial charge in [0.2, 0.25) is 0 Å². The van der Waals surface area contributed by atoms with E-state index in [1.165, 1.54) is 0 Å². The van der Waals surface area contributed by atoms with Crippen LogP contribution < -0.4 is 108 Å². The van der Waals surface area contributed by atoms with E-state index in [1.807, 2.05) is 0 Å². The van der Waals surface area contributed by atoms with Crippen molar-refractivity contribution in [2.24, 2.45) is 0 Å². The molecule has 0 unspecified atom stereocenters. The van der Waals surface area contributed by atoms with Crippen molar-refractivity contribution in [3.05, 3.63) is 0 Å². The summed E-state index contributed by atoms with van der Waals surface area (Å²) in [5, 5.41) is 0. The van der Waals surface area contributed by atoms with Crippen molar-refractivity contribution in [3.63, 3.8) is 0 Å². The van der Waals surface area contributed by atoms with Crippen molar-refractivity contribution < 1.29 is 132 Å². The number of hydrogen-bond acceptors (Lipinski definition) is 1. The maximum atomic E-state index is 8.88. The predicted octanol–water partition coefficient (Wildman–Crippen LogP) is -12.5. The molecule has 0 aliphatic rings. The van der Waals surface area contributed by atoms with Gasteiger partial charge in [0.1, 0.15) is 0 Å². The van der Waals surface area contributed by atoms with E-state index in [0.717, 1.165) is 0 Å². The molecule has 0 rings (SSSR count). The summed E-state index contributed by atoms with van der Waals surface area (Å²) >= 11 is 0. The van der Waals surface area contributed by atoms with Gasteiger partial charge in [-0.05, 0) is 0 Å². The first kappa shape index (κ1) is 29.3. The van der Waals surface area contributed by atoms with Gasteiger partial charge in [0, 0.05) is 0 Å². The summed E-state index contributed by atoms with van der Waals surface area (Å²) in [7, 11) is -4.64. The van der Waals surface area contributed by atoms with Gasteiger partial charge in [-0.15, -0.1) is 0 Å². The fourth-order valence-electron chi connectivity index (χ4n) is 0. The zero-order valence-electron chi connectivity index (χ0n) is 10.2. The van der Waals surface area contributed by atoms with Gasteiger partial charge < -0.3 is 20.4 Å². The molecule has 0 aromatic rings. The molecule has 3 N–H and O–H groups in total. The second-order valence-corrected chi connectivity index (χ2v) is 1.54. The molecule has 9 heavy (non-hydrogen) atoms. The molecule has 4 nitrogen and oxygen atoms in total. The molecule has 0 fully saturated rings. The first-order chi connectivity index (χ1) is 2.00. The Balaban J connectivity index is -0.00000000286. The Bertz CT molecular complexity index is 73.5. The summed E-state index contributed by atoms with van der Waals surface area (Å²) in [6.45, 7) is 0. The third kappa shape index (κ3) is 80.3. The van der Waals surface area contributed by atoms with Crippen molar-refractivity contribution in [2.75, 3.05) is 0 Å². The van der Waals surface area contributed by atoms with Crippen LogP contribution in [0.1, 0.15) is 5.71 Å². The molecule has 0 amide bonds. The van der Waals surface area contributed by atoms with Crippen molar-refractivity contribution in [3.8, 4) is 0 Å². The van der Waals surface area contributed by atoms with Crippen LogP contribution >= 0.6 is 7.82 Å². The summed E-state index contributed by atoms with van der Waals surface area (Å²) < 4.78 is 8.88. The van der Waals surface area contributed by atoms with Crippen LogP contribution in [0.5, 0.6) is 0 Å². The van der Waals surface area contributed by atoms with E-state index in [2.05, 4.69) is 0 Å². The SMILES string of the molecule is O=P(O)(O)O.[H-].[H-].[H-].[H-].[Li+].[Na+].[Na+].[Na+]. The zero-order valence-corrected chi connectivity index (χ0v) is 13.1. The van der Waals surface area contributed by atoms with Crippen LogP contribution in [-0.4, -0.2) is 14.7 Å². The third-order valence-corrected chi connectivity index (χ3v) is 0.